The van der Waals surface area contributed by atoms with Gasteiger partial charge in [-0.1, -0.05) is 0 Å². The van der Waals surface area contributed by atoms with Gasteiger partial charge in [-0.15, -0.1) is 0 Å². The molecule has 0 aromatic carbocycles. The Kier molecular flexibility index (Phi) is 4.18. The first-order chi connectivity index (χ1) is 9.52. The number of likely N-dealkylation sites (tertiary alicyclic amines) is 1. The molecule has 4 N–H and O–H groups in total. The van der Waals surface area contributed by atoms with Crippen molar-refractivity contribution in [2.24, 2.45) is 11.8 Å². The smallest absolute Gasteiger partial charge is 0.325 e. The normalized spacial score (nSPS) is 20.1. The summed E-state index contributed by atoms with van der Waals surface area (Å²) in [5.74, 6) is 3.95. The number of hydrogen-bond acceptors (Lipinski definition) is 5. The lowest BCUT2D eigenvalue weighted by Gasteiger charge is -2.31. The van der Waals surface area contributed by atoms with Crippen LogP contribution in [0.5, 0.6) is 0 Å². The average molecular weight is 283 g/mol. The van der Waals surface area contributed by atoms with E-state index in [1.165, 1.54) is 0 Å². The van der Waals surface area contributed by atoms with Gasteiger partial charge in [-0.2, -0.15) is 0 Å². The summed E-state index contributed by atoms with van der Waals surface area (Å²) in [7, 11) is 0. The fourth-order valence-electron chi connectivity index (χ4n) is 2.36. The molecule has 0 spiro atoms. The molecule has 5 amide bonds. The lowest BCUT2D eigenvalue weighted by Crippen LogP contribution is -2.48. The highest BCUT2D eigenvalue weighted by Crippen LogP contribution is 2.17. The van der Waals surface area contributed by atoms with Crippen molar-refractivity contribution < 1.29 is 19.2 Å². The van der Waals surface area contributed by atoms with Crippen molar-refractivity contribution in [3.8, 4) is 0 Å². The van der Waals surface area contributed by atoms with Gasteiger partial charge in [-0.05, 0) is 12.8 Å². The van der Waals surface area contributed by atoms with E-state index in [9.17, 15) is 19.2 Å². The molecule has 0 radical (unpaired) electrons. The number of nitrogens with one attached hydrogen (secondary N) is 2. The fourth-order valence-corrected chi connectivity index (χ4v) is 2.36. The first kappa shape index (κ1) is 14.3. The van der Waals surface area contributed by atoms with Crippen LogP contribution in [0.15, 0.2) is 0 Å². The topological polar surface area (TPSA) is 125 Å². The summed E-state index contributed by atoms with van der Waals surface area (Å²) in [5, 5.41) is 2.36. The van der Waals surface area contributed by atoms with Gasteiger partial charge in [0.2, 0.25) is 11.8 Å². The molecule has 20 heavy (non-hydrogen) atoms. The maximum absolute atomic E-state index is 12.0. The third-order valence-electron chi connectivity index (χ3n) is 3.59. The number of carbonyl (C=O) groups is 4. The number of urea groups is 1. The minimum absolute atomic E-state index is 0.0646. The fraction of sp³-hybridized carbons (Fsp3) is 0.636. The molecule has 2 aliphatic rings. The summed E-state index contributed by atoms with van der Waals surface area (Å²) in [4.78, 5) is 48.6. The molecule has 2 saturated heterocycles. The summed E-state index contributed by atoms with van der Waals surface area (Å²) in [5.41, 5.74) is 2.10. The molecule has 9 nitrogen and oxygen atoms in total. The van der Waals surface area contributed by atoms with E-state index >= 15 is 0 Å². The van der Waals surface area contributed by atoms with Gasteiger partial charge in [0, 0.05) is 19.0 Å². The molecule has 2 aliphatic heterocycles. The first-order valence-electron chi connectivity index (χ1n) is 6.39. The molecule has 2 rings (SSSR count). The van der Waals surface area contributed by atoms with Crippen LogP contribution < -0.4 is 16.6 Å². The SMILES string of the molecule is NNC(=O)C1CCN(C(=O)CN2C(=O)CNC2=O)CC1. The molecule has 0 saturated carbocycles. The highest BCUT2D eigenvalue weighted by molar-refractivity contribution is 6.04. The number of nitrogens with two attached hydrogens (primary N) is 1. The van der Waals surface area contributed by atoms with E-state index in [4.69, 9.17) is 5.84 Å². The molecule has 0 aromatic heterocycles. The number of nitrogens with zero attached hydrogens (tertiary/aromatic N) is 2. The maximum atomic E-state index is 12.0. The number of hydrazine groups is 1. The van der Waals surface area contributed by atoms with Crippen LogP contribution in [0.25, 0.3) is 0 Å². The number of rotatable bonds is 3. The van der Waals surface area contributed by atoms with Crippen LogP contribution in [0, 0.1) is 5.92 Å². The van der Waals surface area contributed by atoms with Crippen molar-refractivity contribution >= 4 is 23.8 Å². The number of piperidine rings is 1. The zero-order chi connectivity index (χ0) is 14.7. The Bertz CT molecular complexity index is 428. The molecule has 0 aliphatic carbocycles. The number of hydrogen-bond donors (Lipinski definition) is 3. The van der Waals surface area contributed by atoms with Gasteiger partial charge in [0.1, 0.15) is 6.54 Å². The van der Waals surface area contributed by atoms with Crippen LogP contribution >= 0.6 is 0 Å². The number of imide groups is 1. The van der Waals surface area contributed by atoms with Crippen molar-refractivity contribution in [3.63, 3.8) is 0 Å². The second-order valence-corrected chi connectivity index (χ2v) is 4.80. The highest BCUT2D eigenvalue weighted by atomic mass is 16.2. The van der Waals surface area contributed by atoms with Crippen LogP contribution in [0.3, 0.4) is 0 Å². The molecule has 2 fully saturated rings. The number of carbonyl (C=O) groups excluding carboxylic acids is 4. The minimum atomic E-state index is -0.541. The van der Waals surface area contributed by atoms with E-state index in [0.717, 1.165) is 4.90 Å². The van der Waals surface area contributed by atoms with Crippen molar-refractivity contribution in [1.29, 1.82) is 0 Å². The molecule has 0 unspecified atom stereocenters. The zero-order valence-electron chi connectivity index (χ0n) is 10.9. The van der Waals surface area contributed by atoms with E-state index in [0.29, 0.717) is 25.9 Å². The summed E-state index contributed by atoms with van der Waals surface area (Å²) < 4.78 is 0. The van der Waals surface area contributed by atoms with Gasteiger partial charge in [-0.3, -0.25) is 24.7 Å². The highest BCUT2D eigenvalue weighted by Gasteiger charge is 2.33. The first-order valence-corrected chi connectivity index (χ1v) is 6.39. The summed E-state index contributed by atoms with van der Waals surface area (Å²) >= 11 is 0. The minimum Gasteiger partial charge on any atom is -0.341 e. The summed E-state index contributed by atoms with van der Waals surface area (Å²) in [6.45, 7) is 0.518. The van der Waals surface area contributed by atoms with E-state index in [1.807, 2.05) is 0 Å². The van der Waals surface area contributed by atoms with Gasteiger partial charge in [0.05, 0.1) is 6.54 Å². The quantitative estimate of drug-likeness (QED) is 0.234. The van der Waals surface area contributed by atoms with Crippen molar-refractivity contribution in [2.75, 3.05) is 26.2 Å². The molecule has 0 atom stereocenters. The van der Waals surface area contributed by atoms with Crippen LogP contribution in [-0.4, -0.2) is 59.7 Å². The Hall–Kier alpha value is -2.16. The lowest BCUT2D eigenvalue weighted by molar-refractivity contribution is -0.138. The molecule has 9 heteroatoms. The number of amides is 5. The summed E-state index contributed by atoms with van der Waals surface area (Å²) in [6.07, 6.45) is 1.05. The molecular formula is C11H17N5O4. The van der Waals surface area contributed by atoms with Crippen LogP contribution in [0.1, 0.15) is 12.8 Å². The third kappa shape index (κ3) is 2.87. The van der Waals surface area contributed by atoms with Crippen LogP contribution in [0.2, 0.25) is 0 Å². The second kappa shape index (κ2) is 5.87. The van der Waals surface area contributed by atoms with Gasteiger partial charge < -0.3 is 10.2 Å². The van der Waals surface area contributed by atoms with Gasteiger partial charge >= 0.3 is 6.03 Å². The lowest BCUT2D eigenvalue weighted by atomic mass is 9.96. The Morgan fingerprint density at radius 2 is 1.95 bits per heavy atom. The van der Waals surface area contributed by atoms with Gasteiger partial charge in [-0.25, -0.2) is 10.6 Å². The van der Waals surface area contributed by atoms with Crippen molar-refractivity contribution in [2.45, 2.75) is 12.8 Å². The van der Waals surface area contributed by atoms with E-state index < -0.39 is 11.9 Å². The van der Waals surface area contributed by atoms with E-state index in [2.05, 4.69) is 10.7 Å². The largest absolute Gasteiger partial charge is 0.341 e. The Morgan fingerprint density at radius 1 is 1.30 bits per heavy atom. The Balaban J connectivity index is 1.84. The van der Waals surface area contributed by atoms with E-state index in [-0.39, 0.29) is 30.8 Å². The van der Waals surface area contributed by atoms with Crippen molar-refractivity contribution in [3.05, 3.63) is 0 Å². The van der Waals surface area contributed by atoms with Gasteiger partial charge in [0.15, 0.2) is 0 Å². The van der Waals surface area contributed by atoms with Crippen molar-refractivity contribution in [1.82, 2.24) is 20.5 Å². The molecular weight excluding hydrogens is 266 g/mol. The Labute approximate surface area is 115 Å². The summed E-state index contributed by atoms with van der Waals surface area (Å²) in [6, 6.07) is -0.541. The van der Waals surface area contributed by atoms with E-state index in [1.54, 1.807) is 4.90 Å². The molecule has 0 bridgehead atoms. The van der Waals surface area contributed by atoms with Crippen LogP contribution in [0.4, 0.5) is 4.79 Å². The van der Waals surface area contributed by atoms with Crippen LogP contribution in [-0.2, 0) is 14.4 Å². The third-order valence-corrected chi connectivity index (χ3v) is 3.59. The molecule has 2 heterocycles. The standard InChI is InChI=1S/C11H17N5O4/c12-14-10(19)7-1-3-15(4-2-7)9(18)6-16-8(17)5-13-11(16)20/h7H,1-6,12H2,(H,13,20)(H,14,19). The Morgan fingerprint density at radius 3 is 2.45 bits per heavy atom. The predicted molar refractivity (Wildman–Crippen MR) is 66.7 cm³/mol. The maximum Gasteiger partial charge on any atom is 0.325 e. The average Bonchev–Trinajstić information content (AvgIpc) is 2.78. The second-order valence-electron chi connectivity index (χ2n) is 4.80. The zero-order valence-corrected chi connectivity index (χ0v) is 10.9. The predicted octanol–water partition coefficient (Wildman–Crippen LogP) is -2.23. The van der Waals surface area contributed by atoms with Gasteiger partial charge in [0.25, 0.3) is 5.91 Å². The molecule has 0 aromatic rings. The molecule has 110 valence electrons. The monoisotopic (exact) mass is 283 g/mol.